The maximum Gasteiger partial charge on any atom is 1.00 e. The second kappa shape index (κ2) is 3.73. The van der Waals surface area contributed by atoms with Gasteiger partial charge in [0.05, 0.1) is 0 Å². The van der Waals surface area contributed by atoms with Crippen LogP contribution >= 0.6 is 0 Å². The van der Waals surface area contributed by atoms with Crippen LogP contribution in [0.25, 0.3) is 21.9 Å². The van der Waals surface area contributed by atoms with Gasteiger partial charge in [-0.1, -0.05) is 42.2 Å². The zero-order valence-corrected chi connectivity index (χ0v) is 8.86. The van der Waals surface area contributed by atoms with Crippen LogP contribution < -0.4 is 23.8 Å². The Morgan fingerprint density at radius 3 is 2.73 bits per heavy atom. The van der Waals surface area contributed by atoms with Crippen LogP contribution in [0.5, 0.6) is 0 Å². The van der Waals surface area contributed by atoms with Gasteiger partial charge in [0.25, 0.3) is 0 Å². The smallest absolute Gasteiger partial charge is 0.442 e. The third kappa shape index (κ3) is 1.47. The fourth-order valence-electron chi connectivity index (χ4n) is 1.83. The molecule has 2 aromatic heterocycles. The number of hydrogen-bond donors (Lipinski definition) is 0. The van der Waals surface area contributed by atoms with Crippen molar-refractivity contribution in [2.45, 2.75) is 6.92 Å². The molecule has 0 fully saturated rings. The van der Waals surface area contributed by atoms with Crippen LogP contribution in [0, 0.1) is 6.92 Å². The molecule has 0 saturated heterocycles. The molecular weight excluding hydrogens is 179 g/mol. The molecule has 0 unspecified atom stereocenters. The first-order valence-corrected chi connectivity index (χ1v) is 4.63. The molecule has 0 aliphatic rings. The minimum absolute atomic E-state index is 0. The van der Waals surface area contributed by atoms with Crippen molar-refractivity contribution in [2.24, 2.45) is 0 Å². The molecule has 0 aliphatic carbocycles. The minimum Gasteiger partial charge on any atom is -0.442 e. The molecule has 15 heavy (non-hydrogen) atoms. The Hall–Kier alpha value is -1.23. The fraction of sp³-hybridized carbons (Fsp3) is 0.0833. The number of benzene rings is 1. The van der Waals surface area contributed by atoms with Crippen molar-refractivity contribution in [1.29, 1.82) is 0 Å². The first-order chi connectivity index (χ1) is 6.86. The number of aryl methyl sites for hydroxylation is 1. The Kier molecular flexibility index (Phi) is 2.56. The molecule has 1 aromatic carbocycles. The van der Waals surface area contributed by atoms with Crippen LogP contribution in [0.3, 0.4) is 0 Å². The fourth-order valence-corrected chi connectivity index (χ4v) is 1.83. The Morgan fingerprint density at radius 2 is 1.87 bits per heavy atom. The van der Waals surface area contributed by atoms with E-state index >= 15 is 0 Å². The van der Waals surface area contributed by atoms with Gasteiger partial charge in [0.2, 0.25) is 0 Å². The molecule has 0 radical (unpaired) electrons. The third-order valence-electron chi connectivity index (χ3n) is 2.53. The van der Waals surface area contributed by atoms with Gasteiger partial charge in [-0.3, -0.25) is 0 Å². The van der Waals surface area contributed by atoms with E-state index in [9.17, 15) is 0 Å². The van der Waals surface area contributed by atoms with Gasteiger partial charge in [0.15, 0.2) is 0 Å². The van der Waals surface area contributed by atoms with Crippen molar-refractivity contribution in [3.05, 3.63) is 42.1 Å². The van der Waals surface area contributed by atoms with Gasteiger partial charge >= 0.3 is 18.9 Å². The molecule has 2 nitrogen and oxygen atoms in total. The summed E-state index contributed by atoms with van der Waals surface area (Å²) in [7, 11) is 0. The predicted molar refractivity (Wildman–Crippen MR) is 57.3 cm³/mol. The van der Waals surface area contributed by atoms with E-state index in [-0.39, 0.29) is 18.9 Å². The Bertz CT molecular complexity index is 613. The number of hydrogen-bond acceptors (Lipinski definition) is 1. The van der Waals surface area contributed by atoms with Gasteiger partial charge in [0, 0.05) is 0 Å². The predicted octanol–water partition coefficient (Wildman–Crippen LogP) is -0.342. The molecule has 68 valence electrons. The Labute approximate surface area is 99.9 Å². The third-order valence-corrected chi connectivity index (χ3v) is 2.53. The number of aromatic nitrogens is 2. The zero-order chi connectivity index (χ0) is 9.54. The van der Waals surface area contributed by atoms with Crippen molar-refractivity contribution >= 4 is 21.9 Å². The van der Waals surface area contributed by atoms with E-state index in [1.54, 1.807) is 6.20 Å². The van der Waals surface area contributed by atoms with E-state index in [1.165, 1.54) is 10.9 Å². The van der Waals surface area contributed by atoms with E-state index in [0.29, 0.717) is 0 Å². The van der Waals surface area contributed by atoms with Crippen LogP contribution in [0.2, 0.25) is 0 Å². The molecule has 2 heterocycles. The number of pyridine rings is 1. The molecule has 0 amide bonds. The second-order valence-corrected chi connectivity index (χ2v) is 3.46. The van der Waals surface area contributed by atoms with Crippen molar-refractivity contribution in [1.82, 2.24) is 9.97 Å². The molecule has 3 aromatic rings. The van der Waals surface area contributed by atoms with Crippen molar-refractivity contribution in [2.75, 3.05) is 0 Å². The molecule has 3 heteroatoms. The summed E-state index contributed by atoms with van der Waals surface area (Å²) in [6, 6.07) is 10.3. The van der Waals surface area contributed by atoms with Crippen LogP contribution in [0.4, 0.5) is 0 Å². The summed E-state index contributed by atoms with van der Waals surface area (Å²) in [5, 5.41) is 2.35. The van der Waals surface area contributed by atoms with Crippen LogP contribution in [-0.4, -0.2) is 4.98 Å². The first-order valence-electron chi connectivity index (χ1n) is 4.63. The number of para-hydroxylation sites is 1. The van der Waals surface area contributed by atoms with E-state index < -0.39 is 0 Å². The maximum atomic E-state index is 4.50. The molecular formula is C12H9LiN2. The Balaban J connectivity index is 0.000000853. The zero-order valence-electron chi connectivity index (χ0n) is 8.86. The summed E-state index contributed by atoms with van der Waals surface area (Å²) in [5.41, 5.74) is 3.12. The second-order valence-electron chi connectivity index (χ2n) is 3.46. The monoisotopic (exact) mass is 188 g/mol. The van der Waals surface area contributed by atoms with Gasteiger partial charge in [0.1, 0.15) is 0 Å². The van der Waals surface area contributed by atoms with Crippen molar-refractivity contribution in [3.63, 3.8) is 0 Å². The van der Waals surface area contributed by atoms with Gasteiger partial charge in [-0.25, -0.2) is 0 Å². The average Bonchev–Trinajstić information content (AvgIpc) is 2.59. The minimum atomic E-state index is 0. The Morgan fingerprint density at radius 1 is 1.07 bits per heavy atom. The van der Waals surface area contributed by atoms with Crippen LogP contribution in [-0.2, 0) is 0 Å². The summed E-state index contributed by atoms with van der Waals surface area (Å²) in [4.78, 5) is 8.75. The van der Waals surface area contributed by atoms with E-state index in [0.717, 1.165) is 16.6 Å². The summed E-state index contributed by atoms with van der Waals surface area (Å²) >= 11 is 0. The molecule has 0 bridgehead atoms. The van der Waals surface area contributed by atoms with Crippen molar-refractivity contribution < 1.29 is 18.9 Å². The summed E-state index contributed by atoms with van der Waals surface area (Å²) < 4.78 is 0. The topological polar surface area (TPSA) is 27.0 Å². The van der Waals surface area contributed by atoms with Gasteiger partial charge < -0.3 is 9.97 Å². The standard InChI is InChI=1S/C12H9N2.Li/c1-8-4-2-5-9-10-6-3-7-13-12(10)14-11(8)9;/h2-7H,1H3;/q-1;+1. The summed E-state index contributed by atoms with van der Waals surface area (Å²) in [6.45, 7) is 2.08. The van der Waals surface area contributed by atoms with Gasteiger partial charge in [-0.05, 0) is 28.8 Å². The van der Waals surface area contributed by atoms with E-state index in [4.69, 9.17) is 0 Å². The molecule has 0 N–H and O–H groups in total. The maximum absolute atomic E-state index is 4.50. The number of nitrogens with zero attached hydrogens (tertiary/aromatic N) is 2. The molecule has 0 saturated carbocycles. The van der Waals surface area contributed by atoms with Gasteiger partial charge in [-0.15, -0.1) is 0 Å². The summed E-state index contributed by atoms with van der Waals surface area (Å²) in [6.07, 6.45) is 1.78. The summed E-state index contributed by atoms with van der Waals surface area (Å²) in [5.74, 6) is 0. The molecule has 3 rings (SSSR count). The molecule has 0 spiro atoms. The van der Waals surface area contributed by atoms with Crippen LogP contribution in [0.1, 0.15) is 5.56 Å². The quantitative estimate of drug-likeness (QED) is 0.451. The SMILES string of the molecule is Cc1cccc2c1[n-]c1ncccc12.[Li+]. The van der Waals surface area contributed by atoms with Gasteiger partial charge in [-0.2, -0.15) is 0 Å². The van der Waals surface area contributed by atoms with Crippen LogP contribution in [0.15, 0.2) is 36.5 Å². The number of rotatable bonds is 0. The molecule has 0 aliphatic heterocycles. The van der Waals surface area contributed by atoms with Crippen molar-refractivity contribution in [3.8, 4) is 0 Å². The molecule has 0 atom stereocenters. The largest absolute Gasteiger partial charge is 1.00 e. The first kappa shape index (κ1) is 10.3. The number of fused-ring (bicyclic) bond motifs is 3. The van der Waals surface area contributed by atoms with E-state index in [1.807, 2.05) is 6.07 Å². The average molecular weight is 188 g/mol. The normalized spacial score (nSPS) is 10.5. The van der Waals surface area contributed by atoms with E-state index in [2.05, 4.69) is 41.2 Å².